The third kappa shape index (κ3) is 4.49. The van der Waals surface area contributed by atoms with Crippen LogP contribution in [0, 0.1) is 17.8 Å². The van der Waals surface area contributed by atoms with Crippen molar-refractivity contribution in [3.63, 3.8) is 0 Å². The smallest absolute Gasteiger partial charge is 0.228 e. The first-order chi connectivity index (χ1) is 12.3. The third-order valence-electron chi connectivity index (χ3n) is 6.39. The second-order valence-electron chi connectivity index (χ2n) is 7.94. The van der Waals surface area contributed by atoms with Crippen LogP contribution in [-0.2, 0) is 4.79 Å². The fourth-order valence-corrected chi connectivity index (χ4v) is 4.91. The minimum absolute atomic E-state index is 0. The van der Waals surface area contributed by atoms with Gasteiger partial charge in [-0.1, -0.05) is 25.7 Å². The zero-order chi connectivity index (χ0) is 17.1. The van der Waals surface area contributed by atoms with Crippen LogP contribution in [0.1, 0.15) is 44.9 Å². The molecule has 1 amide bonds. The summed E-state index contributed by atoms with van der Waals surface area (Å²) in [7, 11) is 0. The molecular weight excluding hydrogens is 348 g/mol. The van der Waals surface area contributed by atoms with Crippen LogP contribution in [0.25, 0.3) is 0 Å². The van der Waals surface area contributed by atoms with E-state index in [9.17, 15) is 4.79 Å². The molecule has 1 aromatic rings. The number of carbonyl (C=O) groups is 1. The first-order valence-corrected chi connectivity index (χ1v) is 10.0. The number of anilines is 2. The predicted molar refractivity (Wildman–Crippen MR) is 108 cm³/mol. The molecule has 6 heteroatoms. The molecule has 2 saturated carbocycles. The van der Waals surface area contributed by atoms with Crippen molar-refractivity contribution in [2.45, 2.75) is 44.9 Å². The van der Waals surface area contributed by atoms with Gasteiger partial charge in [0.25, 0.3) is 0 Å². The summed E-state index contributed by atoms with van der Waals surface area (Å²) in [5, 5.41) is 6.42. The monoisotopic (exact) mass is 378 g/mol. The summed E-state index contributed by atoms with van der Waals surface area (Å²) >= 11 is 0. The molecule has 1 aromatic heterocycles. The van der Waals surface area contributed by atoms with Gasteiger partial charge < -0.3 is 15.5 Å². The summed E-state index contributed by atoms with van der Waals surface area (Å²) in [5.74, 6) is 2.70. The Bertz CT molecular complexity index is 588. The highest BCUT2D eigenvalue weighted by atomic mass is 35.5. The van der Waals surface area contributed by atoms with Crippen molar-refractivity contribution in [2.75, 3.05) is 36.4 Å². The normalized spacial score (nSPS) is 28.6. The van der Waals surface area contributed by atoms with Crippen LogP contribution in [0.15, 0.2) is 18.3 Å². The lowest BCUT2D eigenvalue weighted by Crippen LogP contribution is -2.43. The van der Waals surface area contributed by atoms with Gasteiger partial charge in [-0.3, -0.25) is 4.79 Å². The van der Waals surface area contributed by atoms with Crippen LogP contribution in [0.2, 0.25) is 0 Å². The van der Waals surface area contributed by atoms with Crippen molar-refractivity contribution >= 4 is 29.8 Å². The zero-order valence-corrected chi connectivity index (χ0v) is 16.3. The van der Waals surface area contributed by atoms with Crippen LogP contribution in [-0.4, -0.2) is 37.1 Å². The molecule has 4 rings (SSSR count). The van der Waals surface area contributed by atoms with Crippen molar-refractivity contribution < 1.29 is 4.79 Å². The Morgan fingerprint density at radius 2 is 1.85 bits per heavy atom. The van der Waals surface area contributed by atoms with Crippen molar-refractivity contribution in [3.05, 3.63) is 18.3 Å². The number of hydrogen-bond donors (Lipinski definition) is 2. The van der Waals surface area contributed by atoms with Gasteiger partial charge in [-0.15, -0.1) is 12.4 Å². The number of piperazine rings is 1. The van der Waals surface area contributed by atoms with Crippen LogP contribution >= 0.6 is 12.4 Å². The van der Waals surface area contributed by atoms with E-state index < -0.39 is 0 Å². The Kier molecular flexibility index (Phi) is 6.76. The molecule has 1 saturated heterocycles. The van der Waals surface area contributed by atoms with Gasteiger partial charge in [0.05, 0.1) is 11.9 Å². The molecule has 0 spiro atoms. The van der Waals surface area contributed by atoms with Crippen molar-refractivity contribution in [3.8, 4) is 0 Å². The van der Waals surface area contributed by atoms with E-state index in [-0.39, 0.29) is 24.2 Å². The highest BCUT2D eigenvalue weighted by Gasteiger charge is 2.35. The summed E-state index contributed by atoms with van der Waals surface area (Å²) in [6.45, 7) is 4.06. The molecule has 144 valence electrons. The predicted octanol–water partition coefficient (Wildman–Crippen LogP) is 3.46. The van der Waals surface area contributed by atoms with E-state index in [0.29, 0.717) is 5.82 Å². The molecule has 0 bridgehead atoms. The summed E-state index contributed by atoms with van der Waals surface area (Å²) in [6, 6.07) is 4.02. The molecule has 0 radical (unpaired) electrons. The Morgan fingerprint density at radius 1 is 1.08 bits per heavy atom. The van der Waals surface area contributed by atoms with E-state index in [4.69, 9.17) is 0 Å². The minimum atomic E-state index is 0. The molecule has 26 heavy (non-hydrogen) atoms. The van der Waals surface area contributed by atoms with Crippen LogP contribution in [0.3, 0.4) is 0 Å². The largest absolute Gasteiger partial charge is 0.368 e. The lowest BCUT2D eigenvalue weighted by molar-refractivity contribution is -0.122. The van der Waals surface area contributed by atoms with Gasteiger partial charge in [-0.25, -0.2) is 4.98 Å². The number of nitrogens with one attached hydrogen (secondary N) is 2. The molecule has 2 N–H and O–H groups in total. The first-order valence-electron chi connectivity index (χ1n) is 10.0. The first kappa shape index (κ1) is 19.4. The molecule has 2 aliphatic carbocycles. The van der Waals surface area contributed by atoms with E-state index in [0.717, 1.165) is 56.5 Å². The lowest BCUT2D eigenvalue weighted by Gasteiger charge is -2.38. The standard InChI is InChI=1S/C20H30N4O.ClH/c25-20(17-6-5-15-3-1-2-4-16(15)13-17)23-19-8-7-18(14-22-19)24-11-9-21-10-12-24;/h7-8,14-17,21H,1-6,9-13H2,(H,22,23,25);1H. The van der Waals surface area contributed by atoms with E-state index in [1.54, 1.807) is 0 Å². The minimum Gasteiger partial charge on any atom is -0.368 e. The van der Waals surface area contributed by atoms with E-state index in [1.165, 1.54) is 32.1 Å². The van der Waals surface area contributed by atoms with Gasteiger partial charge in [0.15, 0.2) is 0 Å². The van der Waals surface area contributed by atoms with Crippen LogP contribution < -0.4 is 15.5 Å². The third-order valence-corrected chi connectivity index (χ3v) is 6.39. The molecule has 1 aliphatic heterocycles. The molecule has 5 nitrogen and oxygen atoms in total. The molecule has 0 aromatic carbocycles. The number of nitrogens with zero attached hydrogens (tertiary/aromatic N) is 2. The van der Waals surface area contributed by atoms with E-state index in [1.807, 2.05) is 12.3 Å². The summed E-state index contributed by atoms with van der Waals surface area (Å²) in [6.07, 6.45) is 10.7. The Morgan fingerprint density at radius 3 is 2.58 bits per heavy atom. The zero-order valence-electron chi connectivity index (χ0n) is 15.5. The quantitative estimate of drug-likeness (QED) is 0.845. The molecule has 3 atom stereocenters. The number of amides is 1. The van der Waals surface area contributed by atoms with E-state index in [2.05, 4.69) is 26.6 Å². The molecule has 3 aliphatic rings. The SMILES string of the molecule is Cl.O=C(Nc1ccc(N2CCNCC2)cn1)C1CCC2CCCCC2C1. The highest BCUT2D eigenvalue weighted by molar-refractivity contribution is 5.91. The number of hydrogen-bond acceptors (Lipinski definition) is 4. The maximum atomic E-state index is 12.7. The van der Waals surface area contributed by atoms with Gasteiger partial charge in [0.1, 0.15) is 5.82 Å². The summed E-state index contributed by atoms with van der Waals surface area (Å²) < 4.78 is 0. The number of carbonyl (C=O) groups excluding carboxylic acids is 1. The molecule has 3 unspecified atom stereocenters. The number of aromatic nitrogens is 1. The Balaban J connectivity index is 0.00000196. The maximum Gasteiger partial charge on any atom is 0.228 e. The summed E-state index contributed by atoms with van der Waals surface area (Å²) in [4.78, 5) is 19.5. The Hall–Kier alpha value is -1.33. The van der Waals surface area contributed by atoms with Crippen LogP contribution in [0.4, 0.5) is 11.5 Å². The van der Waals surface area contributed by atoms with Gasteiger partial charge >= 0.3 is 0 Å². The summed E-state index contributed by atoms with van der Waals surface area (Å²) in [5.41, 5.74) is 1.14. The molecule has 2 heterocycles. The second kappa shape index (κ2) is 9.05. The fourth-order valence-electron chi connectivity index (χ4n) is 4.91. The maximum absolute atomic E-state index is 12.7. The van der Waals surface area contributed by atoms with Gasteiger partial charge in [0.2, 0.25) is 5.91 Å². The van der Waals surface area contributed by atoms with Crippen LogP contribution in [0.5, 0.6) is 0 Å². The molecular formula is C20H31ClN4O. The van der Waals surface area contributed by atoms with Gasteiger partial charge in [0, 0.05) is 32.1 Å². The average Bonchev–Trinajstić information content (AvgIpc) is 2.69. The van der Waals surface area contributed by atoms with Gasteiger partial charge in [-0.05, 0) is 43.2 Å². The van der Waals surface area contributed by atoms with E-state index >= 15 is 0 Å². The number of fused-ring (bicyclic) bond motifs is 1. The van der Waals surface area contributed by atoms with Crippen molar-refractivity contribution in [1.82, 2.24) is 10.3 Å². The number of pyridine rings is 1. The number of rotatable bonds is 3. The number of halogens is 1. The van der Waals surface area contributed by atoms with Crippen molar-refractivity contribution in [2.24, 2.45) is 17.8 Å². The second-order valence-corrected chi connectivity index (χ2v) is 7.94. The average molecular weight is 379 g/mol. The van der Waals surface area contributed by atoms with Gasteiger partial charge in [-0.2, -0.15) is 0 Å². The Labute approximate surface area is 162 Å². The highest BCUT2D eigenvalue weighted by Crippen LogP contribution is 2.42. The molecule has 3 fully saturated rings. The topological polar surface area (TPSA) is 57.3 Å². The van der Waals surface area contributed by atoms with Crippen molar-refractivity contribution in [1.29, 1.82) is 0 Å². The lowest BCUT2D eigenvalue weighted by atomic mass is 9.67. The fraction of sp³-hybridized carbons (Fsp3) is 0.700.